The van der Waals surface area contributed by atoms with Gasteiger partial charge in [-0.3, -0.25) is 9.59 Å². The fourth-order valence-electron chi connectivity index (χ4n) is 2.78. The minimum absolute atomic E-state index is 0.0236. The topological polar surface area (TPSA) is 92.8 Å². The van der Waals surface area contributed by atoms with Crippen LogP contribution >= 0.6 is 0 Å². The molecule has 0 aliphatic carbocycles. The van der Waals surface area contributed by atoms with E-state index in [1.54, 1.807) is 6.92 Å². The summed E-state index contributed by atoms with van der Waals surface area (Å²) >= 11 is 0. The van der Waals surface area contributed by atoms with Crippen LogP contribution in [-0.2, 0) is 22.4 Å². The van der Waals surface area contributed by atoms with Crippen molar-refractivity contribution in [2.45, 2.75) is 32.2 Å². The van der Waals surface area contributed by atoms with Crippen LogP contribution in [0.4, 0.5) is 8.78 Å². The number of methoxy groups -OCH3 is 2. The second-order valence-corrected chi connectivity index (χ2v) is 6.31. The quantitative estimate of drug-likeness (QED) is 0.475. The highest BCUT2D eigenvalue weighted by Crippen LogP contribution is 2.14. The number of benzene rings is 1. The molecule has 0 aliphatic rings. The van der Waals surface area contributed by atoms with Crippen molar-refractivity contribution in [1.82, 2.24) is 4.57 Å². The van der Waals surface area contributed by atoms with Crippen LogP contribution in [-0.4, -0.2) is 43.5 Å². The molecule has 0 saturated carbocycles. The summed E-state index contributed by atoms with van der Waals surface area (Å²) in [6.07, 6.45) is 1.97. The molecule has 0 fully saturated rings. The molecule has 0 saturated heterocycles. The van der Waals surface area contributed by atoms with Crippen molar-refractivity contribution in [3.05, 3.63) is 63.6 Å². The number of nitrogens with zero attached hydrogens (tertiary/aromatic N) is 1. The average molecular weight is 410 g/mol. The van der Waals surface area contributed by atoms with Gasteiger partial charge < -0.3 is 24.5 Å². The molecule has 1 unspecified atom stereocenters. The number of carbonyl (C=O) groups is 1. The van der Waals surface area contributed by atoms with Crippen molar-refractivity contribution in [2.75, 3.05) is 20.8 Å². The highest BCUT2D eigenvalue weighted by atomic mass is 19.1. The lowest BCUT2D eigenvalue weighted by molar-refractivity contribution is -0.111. The van der Waals surface area contributed by atoms with Gasteiger partial charge in [-0.05, 0) is 25.0 Å². The zero-order chi connectivity index (χ0) is 21.6. The molecule has 0 radical (unpaired) electrons. The lowest BCUT2D eigenvalue weighted by Crippen LogP contribution is -2.37. The van der Waals surface area contributed by atoms with E-state index in [1.165, 1.54) is 37.2 Å². The van der Waals surface area contributed by atoms with Crippen LogP contribution < -0.4 is 15.9 Å². The SMILES string of the molecule is CCOc1cn(CC(OC)OC)cc(C(=O)C(N)Cc2ccc(F)cc2F)c1=O. The Bertz CT molecular complexity index is 912. The predicted octanol–water partition coefficient (Wildman–Crippen LogP) is 1.90. The molecule has 9 heteroatoms. The van der Waals surface area contributed by atoms with Gasteiger partial charge in [-0.2, -0.15) is 0 Å². The number of ketones is 1. The van der Waals surface area contributed by atoms with Gasteiger partial charge in [0, 0.05) is 26.5 Å². The second-order valence-electron chi connectivity index (χ2n) is 6.31. The van der Waals surface area contributed by atoms with Crippen molar-refractivity contribution in [2.24, 2.45) is 5.73 Å². The highest BCUT2D eigenvalue weighted by Gasteiger charge is 2.23. The van der Waals surface area contributed by atoms with Crippen LogP contribution in [0, 0.1) is 11.6 Å². The van der Waals surface area contributed by atoms with Crippen LogP contribution in [0.3, 0.4) is 0 Å². The third-order valence-corrected chi connectivity index (χ3v) is 4.29. The first kappa shape index (κ1) is 22.7. The van der Waals surface area contributed by atoms with Crippen LogP contribution in [0.25, 0.3) is 0 Å². The van der Waals surface area contributed by atoms with Crippen LogP contribution in [0.1, 0.15) is 22.8 Å². The number of aromatic nitrogens is 1. The van der Waals surface area contributed by atoms with E-state index in [4.69, 9.17) is 19.9 Å². The van der Waals surface area contributed by atoms with Gasteiger partial charge in [-0.25, -0.2) is 8.78 Å². The summed E-state index contributed by atoms with van der Waals surface area (Å²) in [4.78, 5) is 25.5. The molecule has 0 aliphatic heterocycles. The zero-order valence-corrected chi connectivity index (χ0v) is 16.5. The molecule has 1 aromatic heterocycles. The Kier molecular flexibility index (Phi) is 8.00. The number of ether oxygens (including phenoxy) is 3. The summed E-state index contributed by atoms with van der Waals surface area (Å²) in [6, 6.07) is 1.81. The number of Topliss-reactive ketones (excluding diaryl/α,β-unsaturated/α-hetero) is 1. The number of halogens is 2. The number of hydrogen-bond donors (Lipinski definition) is 1. The van der Waals surface area contributed by atoms with Gasteiger partial charge in [0.1, 0.15) is 11.6 Å². The first-order valence-electron chi connectivity index (χ1n) is 8.96. The minimum atomic E-state index is -1.20. The van der Waals surface area contributed by atoms with E-state index in [0.29, 0.717) is 6.07 Å². The standard InChI is InChI=1S/C20H24F2N2O5/c1-4-29-17-10-24(11-18(27-2)28-3)9-14(20(17)26)19(25)16(23)7-12-5-6-13(21)8-15(12)22/h5-6,8-10,16,18H,4,7,11,23H2,1-3H3. The molecule has 7 nitrogen and oxygen atoms in total. The normalized spacial score (nSPS) is 12.2. The Morgan fingerprint density at radius 3 is 2.48 bits per heavy atom. The summed E-state index contributed by atoms with van der Waals surface area (Å²) in [5, 5.41) is 0. The van der Waals surface area contributed by atoms with Gasteiger partial charge in [-0.15, -0.1) is 0 Å². The van der Waals surface area contributed by atoms with E-state index in [9.17, 15) is 18.4 Å². The fourth-order valence-corrected chi connectivity index (χ4v) is 2.78. The van der Waals surface area contributed by atoms with Crippen molar-refractivity contribution >= 4 is 5.78 Å². The van der Waals surface area contributed by atoms with E-state index in [2.05, 4.69) is 0 Å². The first-order chi connectivity index (χ1) is 13.8. The lowest BCUT2D eigenvalue weighted by Gasteiger charge is -2.18. The Labute approximate surface area is 167 Å². The van der Waals surface area contributed by atoms with E-state index in [0.717, 1.165) is 6.07 Å². The molecule has 1 atom stereocenters. The van der Waals surface area contributed by atoms with E-state index in [-0.39, 0.29) is 36.4 Å². The molecule has 2 N–H and O–H groups in total. The molecular formula is C20H24F2N2O5. The lowest BCUT2D eigenvalue weighted by atomic mass is 9.98. The number of nitrogens with two attached hydrogens (primary N) is 1. The van der Waals surface area contributed by atoms with Gasteiger partial charge in [0.2, 0.25) is 5.43 Å². The van der Waals surface area contributed by atoms with Crippen molar-refractivity contribution in [3.8, 4) is 5.75 Å². The van der Waals surface area contributed by atoms with Gasteiger partial charge in [0.15, 0.2) is 17.8 Å². The number of hydrogen-bond acceptors (Lipinski definition) is 6. The molecule has 0 spiro atoms. The average Bonchev–Trinajstić information content (AvgIpc) is 2.69. The predicted molar refractivity (Wildman–Crippen MR) is 102 cm³/mol. The summed E-state index contributed by atoms with van der Waals surface area (Å²) in [5.41, 5.74) is 5.20. The van der Waals surface area contributed by atoms with Crippen molar-refractivity contribution in [3.63, 3.8) is 0 Å². The van der Waals surface area contributed by atoms with Crippen LogP contribution in [0.2, 0.25) is 0 Å². The summed E-state index contributed by atoms with van der Waals surface area (Å²) in [5.74, 6) is -2.24. The fraction of sp³-hybridized carbons (Fsp3) is 0.400. The molecule has 158 valence electrons. The largest absolute Gasteiger partial charge is 0.488 e. The van der Waals surface area contributed by atoms with E-state index in [1.807, 2.05) is 0 Å². The van der Waals surface area contributed by atoms with E-state index >= 15 is 0 Å². The summed E-state index contributed by atoms with van der Waals surface area (Å²) in [7, 11) is 2.92. The molecule has 29 heavy (non-hydrogen) atoms. The molecule has 0 amide bonds. The molecule has 1 heterocycles. The van der Waals surface area contributed by atoms with Gasteiger partial charge in [-0.1, -0.05) is 6.07 Å². The number of carbonyl (C=O) groups excluding carboxylic acids is 1. The number of rotatable bonds is 10. The minimum Gasteiger partial charge on any atom is -0.488 e. The molecule has 1 aromatic carbocycles. The maximum Gasteiger partial charge on any atom is 0.234 e. The maximum absolute atomic E-state index is 13.9. The van der Waals surface area contributed by atoms with Crippen molar-refractivity contribution in [1.29, 1.82) is 0 Å². The van der Waals surface area contributed by atoms with Gasteiger partial charge in [0.05, 0.1) is 31.0 Å². The Morgan fingerprint density at radius 1 is 1.21 bits per heavy atom. The van der Waals surface area contributed by atoms with Crippen molar-refractivity contribution < 1.29 is 27.8 Å². The molecule has 2 aromatic rings. The highest BCUT2D eigenvalue weighted by molar-refractivity contribution is 6.00. The number of pyridine rings is 1. The smallest absolute Gasteiger partial charge is 0.234 e. The van der Waals surface area contributed by atoms with Gasteiger partial charge in [0.25, 0.3) is 0 Å². The first-order valence-corrected chi connectivity index (χ1v) is 8.96. The maximum atomic E-state index is 13.9. The van der Waals surface area contributed by atoms with E-state index < -0.39 is 35.2 Å². The van der Waals surface area contributed by atoms with Crippen LogP contribution in [0.5, 0.6) is 5.75 Å². The molecule has 0 bridgehead atoms. The zero-order valence-electron chi connectivity index (χ0n) is 16.5. The summed E-state index contributed by atoms with van der Waals surface area (Å²) < 4.78 is 44.1. The van der Waals surface area contributed by atoms with Gasteiger partial charge >= 0.3 is 0 Å². The molecule has 2 rings (SSSR count). The Morgan fingerprint density at radius 2 is 1.90 bits per heavy atom. The summed E-state index contributed by atoms with van der Waals surface area (Å²) in [6.45, 7) is 2.11. The second kappa shape index (κ2) is 10.2. The monoisotopic (exact) mass is 410 g/mol. The third kappa shape index (κ3) is 5.69. The van der Waals surface area contributed by atoms with Crippen LogP contribution in [0.15, 0.2) is 35.4 Å². The molecular weight excluding hydrogens is 386 g/mol. The Hall–Kier alpha value is -2.62. The third-order valence-electron chi connectivity index (χ3n) is 4.29. The Balaban J connectivity index is 2.35.